The van der Waals surface area contributed by atoms with Gasteiger partial charge >= 0.3 is 0 Å². The molecule has 0 aliphatic heterocycles. The highest BCUT2D eigenvalue weighted by atomic mass is 35.5. The third kappa shape index (κ3) is 7.53. The fourth-order valence-corrected chi connectivity index (χ4v) is 4.79. The Hall–Kier alpha value is -4.82. The monoisotopic (exact) mass is 593 g/mol. The number of carbonyl (C=O) groups is 2. The Labute approximate surface area is 254 Å². The molecule has 0 aliphatic rings. The summed E-state index contributed by atoms with van der Waals surface area (Å²) in [4.78, 5) is 26.2. The van der Waals surface area contributed by atoms with Gasteiger partial charge in [0.2, 0.25) is 5.91 Å². The molecule has 0 spiro atoms. The molecule has 5 aromatic carbocycles. The van der Waals surface area contributed by atoms with Crippen LogP contribution in [0.2, 0.25) is 5.02 Å². The molecule has 5 aromatic rings. The van der Waals surface area contributed by atoms with Crippen LogP contribution >= 0.6 is 11.6 Å². The van der Waals surface area contributed by atoms with E-state index in [-0.39, 0.29) is 24.5 Å². The van der Waals surface area contributed by atoms with Gasteiger partial charge in [0.1, 0.15) is 17.3 Å². The summed E-state index contributed by atoms with van der Waals surface area (Å²) < 4.78 is 20.2. The molecule has 43 heavy (non-hydrogen) atoms. The maximum absolute atomic E-state index is 13.9. The molecule has 5 rings (SSSR count). The van der Waals surface area contributed by atoms with Crippen LogP contribution in [0.25, 0.3) is 22.3 Å². The average Bonchev–Trinajstić information content (AvgIpc) is 3.02. The largest absolute Gasteiger partial charge is 0.457 e. The number of carbonyl (C=O) groups excluding carboxylic acids is 2. The third-order valence-corrected chi connectivity index (χ3v) is 7.01. The van der Waals surface area contributed by atoms with Crippen molar-refractivity contribution in [2.24, 2.45) is 5.73 Å². The number of hydrogen-bond donors (Lipinski definition) is 3. The second kappa shape index (κ2) is 13.9. The van der Waals surface area contributed by atoms with E-state index in [2.05, 4.69) is 10.6 Å². The predicted molar refractivity (Wildman–Crippen MR) is 167 cm³/mol. The first kappa shape index (κ1) is 29.7. The van der Waals surface area contributed by atoms with Crippen LogP contribution in [0.1, 0.15) is 21.5 Å². The van der Waals surface area contributed by atoms with Crippen LogP contribution in [-0.4, -0.2) is 18.4 Å². The lowest BCUT2D eigenvalue weighted by Gasteiger charge is -2.17. The van der Waals surface area contributed by atoms with E-state index in [1.54, 1.807) is 42.5 Å². The topological polar surface area (TPSA) is 93.4 Å². The zero-order valence-corrected chi connectivity index (χ0v) is 23.9. The van der Waals surface area contributed by atoms with Gasteiger partial charge in [-0.1, -0.05) is 78.3 Å². The van der Waals surface area contributed by atoms with Crippen molar-refractivity contribution in [2.75, 3.05) is 6.54 Å². The molecule has 0 fully saturated rings. The minimum Gasteiger partial charge on any atom is -0.457 e. The first-order valence-electron chi connectivity index (χ1n) is 13.7. The van der Waals surface area contributed by atoms with Gasteiger partial charge in [0.25, 0.3) is 5.91 Å². The molecule has 0 unspecified atom stereocenters. The van der Waals surface area contributed by atoms with Gasteiger partial charge < -0.3 is 15.8 Å². The van der Waals surface area contributed by atoms with E-state index in [4.69, 9.17) is 22.1 Å². The number of nitrogens with one attached hydrogen (secondary N) is 2. The SMILES string of the molecule is NCc1cccc(Oc2cc(Cl)ccc2-c2cc(-c3ccccc3)ccc2C(=O)NC(=O)CNCc2ccccc2F)c1. The van der Waals surface area contributed by atoms with Gasteiger partial charge in [0.05, 0.1) is 6.54 Å². The molecule has 0 heterocycles. The summed E-state index contributed by atoms with van der Waals surface area (Å²) in [5, 5.41) is 5.78. The number of ether oxygens (including phenoxy) is 1. The summed E-state index contributed by atoms with van der Waals surface area (Å²) in [5.41, 5.74) is 10.4. The first-order chi connectivity index (χ1) is 20.9. The average molecular weight is 594 g/mol. The normalized spacial score (nSPS) is 10.8. The molecule has 8 heteroatoms. The molecule has 0 saturated heterocycles. The maximum atomic E-state index is 13.9. The van der Waals surface area contributed by atoms with Crippen molar-refractivity contribution >= 4 is 23.4 Å². The van der Waals surface area contributed by atoms with E-state index in [9.17, 15) is 14.0 Å². The lowest BCUT2D eigenvalue weighted by Crippen LogP contribution is -2.37. The molecule has 0 bridgehead atoms. The molecule has 2 amide bonds. The van der Waals surface area contributed by atoms with Crippen LogP contribution in [0, 0.1) is 5.82 Å². The molecule has 0 aliphatic carbocycles. The lowest BCUT2D eigenvalue weighted by atomic mass is 9.93. The molecule has 0 atom stereocenters. The predicted octanol–water partition coefficient (Wildman–Crippen LogP) is 7.11. The molecule has 216 valence electrons. The summed E-state index contributed by atoms with van der Waals surface area (Å²) in [6.07, 6.45) is 0. The van der Waals surface area contributed by atoms with E-state index in [0.717, 1.165) is 16.7 Å². The molecule has 0 radical (unpaired) electrons. The van der Waals surface area contributed by atoms with Crippen LogP contribution in [0.15, 0.2) is 115 Å². The molecule has 0 aromatic heterocycles. The number of amides is 2. The van der Waals surface area contributed by atoms with Gasteiger partial charge in [0.15, 0.2) is 0 Å². The van der Waals surface area contributed by atoms with E-state index in [1.807, 2.05) is 66.7 Å². The number of hydrogen-bond acceptors (Lipinski definition) is 5. The summed E-state index contributed by atoms with van der Waals surface area (Å²) in [7, 11) is 0. The Bertz CT molecular complexity index is 1760. The van der Waals surface area contributed by atoms with Crippen LogP contribution in [0.3, 0.4) is 0 Å². The van der Waals surface area contributed by atoms with Gasteiger partial charge in [-0.05, 0) is 64.7 Å². The maximum Gasteiger partial charge on any atom is 0.258 e. The Morgan fingerprint density at radius 2 is 1.58 bits per heavy atom. The zero-order chi connectivity index (χ0) is 30.2. The molecule has 0 saturated carbocycles. The third-order valence-electron chi connectivity index (χ3n) is 6.78. The van der Waals surface area contributed by atoms with Crippen LogP contribution in [0.5, 0.6) is 11.5 Å². The zero-order valence-electron chi connectivity index (χ0n) is 23.1. The summed E-state index contributed by atoms with van der Waals surface area (Å²) in [5.74, 6) is -0.513. The van der Waals surface area contributed by atoms with Crippen molar-refractivity contribution < 1.29 is 18.7 Å². The smallest absolute Gasteiger partial charge is 0.258 e. The number of halogens is 2. The van der Waals surface area contributed by atoms with Gasteiger partial charge in [-0.3, -0.25) is 14.9 Å². The Morgan fingerprint density at radius 1 is 0.791 bits per heavy atom. The number of imide groups is 1. The summed E-state index contributed by atoms with van der Waals surface area (Å²) in [6.45, 7) is 0.318. The fourth-order valence-electron chi connectivity index (χ4n) is 4.63. The Kier molecular flexibility index (Phi) is 9.59. The number of benzene rings is 5. The van der Waals surface area contributed by atoms with Crippen LogP contribution < -0.4 is 21.1 Å². The van der Waals surface area contributed by atoms with Crippen molar-refractivity contribution in [3.8, 4) is 33.8 Å². The van der Waals surface area contributed by atoms with Crippen molar-refractivity contribution in [1.82, 2.24) is 10.6 Å². The van der Waals surface area contributed by atoms with Gasteiger partial charge in [0, 0.05) is 40.9 Å². The van der Waals surface area contributed by atoms with E-state index >= 15 is 0 Å². The molecule has 6 nitrogen and oxygen atoms in total. The molecular weight excluding hydrogens is 565 g/mol. The van der Waals surface area contributed by atoms with Gasteiger partial charge in [-0.15, -0.1) is 0 Å². The molecular formula is C35H29ClFN3O3. The summed E-state index contributed by atoms with van der Waals surface area (Å²) in [6, 6.07) is 34.0. The van der Waals surface area contributed by atoms with Crippen molar-refractivity contribution in [2.45, 2.75) is 13.1 Å². The number of nitrogens with two attached hydrogens (primary N) is 1. The highest BCUT2D eigenvalue weighted by Gasteiger charge is 2.20. The van der Waals surface area contributed by atoms with Crippen LogP contribution in [0.4, 0.5) is 4.39 Å². The molecule has 4 N–H and O–H groups in total. The van der Waals surface area contributed by atoms with E-state index in [1.165, 1.54) is 6.07 Å². The van der Waals surface area contributed by atoms with Crippen molar-refractivity contribution in [1.29, 1.82) is 0 Å². The Balaban J connectivity index is 1.46. The first-order valence-corrected chi connectivity index (χ1v) is 14.0. The Morgan fingerprint density at radius 3 is 2.37 bits per heavy atom. The second-order valence-electron chi connectivity index (χ2n) is 9.79. The lowest BCUT2D eigenvalue weighted by molar-refractivity contribution is -0.119. The minimum absolute atomic E-state index is 0.141. The minimum atomic E-state index is -0.585. The second-order valence-corrected chi connectivity index (χ2v) is 10.2. The van der Waals surface area contributed by atoms with Crippen molar-refractivity contribution in [3.63, 3.8) is 0 Å². The van der Waals surface area contributed by atoms with Gasteiger partial charge in [-0.2, -0.15) is 0 Å². The quantitative estimate of drug-likeness (QED) is 0.160. The number of rotatable bonds is 10. The fraction of sp³-hybridized carbons (Fsp3) is 0.0857. The van der Waals surface area contributed by atoms with Crippen LogP contribution in [-0.2, 0) is 17.9 Å². The highest BCUT2D eigenvalue weighted by molar-refractivity contribution is 6.30. The van der Waals surface area contributed by atoms with E-state index < -0.39 is 11.8 Å². The summed E-state index contributed by atoms with van der Waals surface area (Å²) >= 11 is 6.38. The van der Waals surface area contributed by atoms with Gasteiger partial charge in [-0.25, -0.2) is 4.39 Å². The standard InChI is InChI=1S/C35H29ClFN3O3/c36-27-14-16-29(33(19-27)43-28-11-6-7-23(17-28)20-38)31-18-25(24-8-2-1-3-9-24)13-15-30(31)35(42)40-34(41)22-39-21-26-10-4-5-12-32(26)37/h1-19,39H,20-22,38H2,(H,40,41,42). The van der Waals surface area contributed by atoms with Crippen molar-refractivity contribution in [3.05, 3.63) is 143 Å². The van der Waals surface area contributed by atoms with E-state index in [0.29, 0.717) is 39.8 Å². The highest BCUT2D eigenvalue weighted by Crippen LogP contribution is 2.39.